The average Bonchev–Trinajstić information content (AvgIpc) is 3.28. The van der Waals surface area contributed by atoms with Crippen LogP contribution in [0, 0.1) is 6.92 Å². The molecule has 1 aliphatic rings. The minimum atomic E-state index is -0.475. The molecule has 0 saturated carbocycles. The van der Waals surface area contributed by atoms with Gasteiger partial charge in [-0.15, -0.1) is 0 Å². The Morgan fingerprint density at radius 1 is 1.16 bits per heavy atom. The van der Waals surface area contributed by atoms with Crippen LogP contribution in [0.3, 0.4) is 0 Å². The third-order valence-corrected chi connectivity index (χ3v) is 3.92. The molecule has 25 heavy (non-hydrogen) atoms. The van der Waals surface area contributed by atoms with Crippen molar-refractivity contribution in [2.75, 3.05) is 6.79 Å². The molecule has 2 aromatic carbocycles. The zero-order chi connectivity index (χ0) is 17.2. The molecule has 2 heterocycles. The first-order valence-electron chi connectivity index (χ1n) is 7.85. The molecule has 126 valence electrons. The van der Waals surface area contributed by atoms with Crippen molar-refractivity contribution in [1.82, 2.24) is 20.5 Å². The van der Waals surface area contributed by atoms with Gasteiger partial charge in [-0.2, -0.15) is 5.10 Å². The number of benzene rings is 2. The van der Waals surface area contributed by atoms with Gasteiger partial charge in [0.15, 0.2) is 17.3 Å². The van der Waals surface area contributed by atoms with E-state index in [4.69, 9.17) is 9.47 Å². The van der Waals surface area contributed by atoms with E-state index in [1.165, 1.54) is 0 Å². The molecule has 0 bridgehead atoms. The molecule has 0 aliphatic carbocycles. The minimum Gasteiger partial charge on any atom is -0.454 e. The van der Waals surface area contributed by atoms with E-state index in [-0.39, 0.29) is 12.7 Å². The first-order chi connectivity index (χ1) is 12.2. The van der Waals surface area contributed by atoms with Gasteiger partial charge >= 0.3 is 0 Å². The molecular formula is C18H16N4O3. The standard InChI is InChI=1S/C18H16N4O3/c1-11-19-17(22-21-11)15(12-6-3-2-4-7-12)20-18(23)13-8-5-9-14-16(13)25-10-24-14/h2-9,15H,10H2,1H3,(H,20,23)(H,19,21,22)/t15-/m0/s1. The largest absolute Gasteiger partial charge is 0.454 e. The molecule has 2 N–H and O–H groups in total. The predicted molar refractivity (Wildman–Crippen MR) is 89.4 cm³/mol. The van der Waals surface area contributed by atoms with Gasteiger partial charge in [0, 0.05) is 0 Å². The maximum atomic E-state index is 12.9. The Bertz CT molecular complexity index is 908. The summed E-state index contributed by atoms with van der Waals surface area (Å²) in [6.45, 7) is 1.93. The van der Waals surface area contributed by atoms with Gasteiger partial charge in [-0.3, -0.25) is 9.89 Å². The summed E-state index contributed by atoms with van der Waals surface area (Å²) in [5, 5.41) is 10.0. The molecular weight excluding hydrogens is 320 g/mol. The number of rotatable bonds is 4. The molecule has 4 rings (SSSR count). The Morgan fingerprint density at radius 3 is 2.76 bits per heavy atom. The highest BCUT2D eigenvalue weighted by Crippen LogP contribution is 2.35. The van der Waals surface area contributed by atoms with E-state index in [1.807, 2.05) is 37.3 Å². The van der Waals surface area contributed by atoms with Crippen LogP contribution in [-0.4, -0.2) is 27.9 Å². The zero-order valence-electron chi connectivity index (χ0n) is 13.5. The summed E-state index contributed by atoms with van der Waals surface area (Å²) in [7, 11) is 0. The van der Waals surface area contributed by atoms with Gasteiger partial charge in [-0.25, -0.2) is 4.98 Å². The second-order valence-corrected chi connectivity index (χ2v) is 5.64. The van der Waals surface area contributed by atoms with Crippen LogP contribution < -0.4 is 14.8 Å². The number of amides is 1. The number of nitrogens with one attached hydrogen (secondary N) is 2. The number of aryl methyl sites for hydroxylation is 1. The number of ether oxygens (including phenoxy) is 2. The van der Waals surface area contributed by atoms with E-state index in [9.17, 15) is 4.79 Å². The lowest BCUT2D eigenvalue weighted by Crippen LogP contribution is -2.30. The van der Waals surface area contributed by atoms with Crippen molar-refractivity contribution in [2.45, 2.75) is 13.0 Å². The number of carbonyl (C=O) groups excluding carboxylic acids is 1. The van der Waals surface area contributed by atoms with Crippen molar-refractivity contribution < 1.29 is 14.3 Å². The predicted octanol–water partition coefficient (Wildman–Crippen LogP) is 2.36. The molecule has 1 atom stereocenters. The van der Waals surface area contributed by atoms with Crippen LogP contribution in [0.4, 0.5) is 0 Å². The van der Waals surface area contributed by atoms with Crippen LogP contribution in [-0.2, 0) is 0 Å². The Hall–Kier alpha value is -3.35. The molecule has 0 saturated heterocycles. The highest BCUT2D eigenvalue weighted by molar-refractivity contribution is 5.98. The molecule has 1 aliphatic heterocycles. The van der Waals surface area contributed by atoms with Crippen LogP contribution in [0.25, 0.3) is 0 Å². The highest BCUT2D eigenvalue weighted by atomic mass is 16.7. The number of aromatic amines is 1. The van der Waals surface area contributed by atoms with Crippen molar-refractivity contribution in [1.29, 1.82) is 0 Å². The number of para-hydroxylation sites is 1. The Morgan fingerprint density at radius 2 is 2.00 bits per heavy atom. The van der Waals surface area contributed by atoms with Crippen LogP contribution >= 0.6 is 0 Å². The van der Waals surface area contributed by atoms with Crippen molar-refractivity contribution in [3.63, 3.8) is 0 Å². The number of hydrogen-bond acceptors (Lipinski definition) is 5. The van der Waals surface area contributed by atoms with Crippen molar-refractivity contribution in [2.24, 2.45) is 0 Å². The number of fused-ring (bicyclic) bond motifs is 1. The number of hydrogen-bond donors (Lipinski definition) is 2. The Kier molecular flexibility index (Phi) is 3.81. The van der Waals surface area contributed by atoms with E-state index < -0.39 is 6.04 Å². The molecule has 1 aromatic heterocycles. The fraction of sp³-hybridized carbons (Fsp3) is 0.167. The molecule has 1 amide bonds. The topological polar surface area (TPSA) is 89.1 Å². The molecule has 0 unspecified atom stereocenters. The summed E-state index contributed by atoms with van der Waals surface area (Å²) >= 11 is 0. The molecule has 7 heteroatoms. The normalized spacial score (nSPS) is 13.5. The van der Waals surface area contributed by atoms with E-state index in [0.29, 0.717) is 28.7 Å². The number of aromatic nitrogens is 3. The Balaban J connectivity index is 1.67. The maximum Gasteiger partial charge on any atom is 0.256 e. The van der Waals surface area contributed by atoms with Gasteiger partial charge in [0.1, 0.15) is 11.9 Å². The summed E-state index contributed by atoms with van der Waals surface area (Å²) in [5.74, 6) is 1.93. The lowest BCUT2D eigenvalue weighted by molar-refractivity contribution is 0.0937. The van der Waals surface area contributed by atoms with Gasteiger partial charge in [-0.1, -0.05) is 36.4 Å². The van der Waals surface area contributed by atoms with Crippen LogP contribution in [0.1, 0.15) is 33.6 Å². The van der Waals surface area contributed by atoms with E-state index in [0.717, 1.165) is 5.56 Å². The third-order valence-electron chi connectivity index (χ3n) is 3.92. The second kappa shape index (κ2) is 6.27. The summed E-state index contributed by atoms with van der Waals surface area (Å²) < 4.78 is 10.8. The van der Waals surface area contributed by atoms with Crippen molar-refractivity contribution in [3.05, 3.63) is 71.3 Å². The minimum absolute atomic E-state index is 0.113. The lowest BCUT2D eigenvalue weighted by Gasteiger charge is -2.17. The average molecular weight is 336 g/mol. The van der Waals surface area contributed by atoms with Crippen LogP contribution in [0.2, 0.25) is 0 Å². The summed E-state index contributed by atoms with van der Waals surface area (Å²) in [4.78, 5) is 17.2. The van der Waals surface area contributed by atoms with Gasteiger partial charge in [-0.05, 0) is 24.6 Å². The number of carbonyl (C=O) groups is 1. The summed E-state index contributed by atoms with van der Waals surface area (Å²) in [6.07, 6.45) is 0. The van der Waals surface area contributed by atoms with Crippen LogP contribution in [0.15, 0.2) is 48.5 Å². The monoisotopic (exact) mass is 336 g/mol. The van der Waals surface area contributed by atoms with Gasteiger partial charge in [0.25, 0.3) is 5.91 Å². The van der Waals surface area contributed by atoms with Crippen molar-refractivity contribution in [3.8, 4) is 11.5 Å². The van der Waals surface area contributed by atoms with E-state index >= 15 is 0 Å². The van der Waals surface area contributed by atoms with E-state index in [1.54, 1.807) is 18.2 Å². The second-order valence-electron chi connectivity index (χ2n) is 5.64. The maximum absolute atomic E-state index is 12.9. The van der Waals surface area contributed by atoms with Crippen molar-refractivity contribution >= 4 is 5.91 Å². The molecule has 3 aromatic rings. The number of H-pyrrole nitrogens is 1. The lowest BCUT2D eigenvalue weighted by atomic mass is 10.1. The van der Waals surface area contributed by atoms with Gasteiger partial charge in [0.05, 0.1) is 5.56 Å². The SMILES string of the molecule is Cc1nc([C@@H](NC(=O)c2cccc3c2OCO3)c2ccccc2)n[nH]1. The molecule has 0 radical (unpaired) electrons. The quantitative estimate of drug-likeness (QED) is 0.763. The van der Waals surface area contributed by atoms with Crippen LogP contribution in [0.5, 0.6) is 11.5 Å². The fourth-order valence-corrected chi connectivity index (χ4v) is 2.75. The fourth-order valence-electron chi connectivity index (χ4n) is 2.75. The van der Waals surface area contributed by atoms with E-state index in [2.05, 4.69) is 20.5 Å². The smallest absolute Gasteiger partial charge is 0.256 e. The summed E-state index contributed by atoms with van der Waals surface area (Å²) in [5.41, 5.74) is 1.31. The number of nitrogens with zero attached hydrogens (tertiary/aromatic N) is 2. The Labute approximate surface area is 144 Å². The van der Waals surface area contributed by atoms with Gasteiger partial charge in [0.2, 0.25) is 6.79 Å². The summed E-state index contributed by atoms with van der Waals surface area (Å²) in [6, 6.07) is 14.3. The first kappa shape index (κ1) is 15.2. The first-order valence-corrected chi connectivity index (χ1v) is 7.85. The molecule has 0 spiro atoms. The third kappa shape index (κ3) is 2.91. The molecule has 0 fully saturated rings. The zero-order valence-corrected chi connectivity index (χ0v) is 13.5. The highest BCUT2D eigenvalue weighted by Gasteiger charge is 2.26. The molecule has 7 nitrogen and oxygen atoms in total. The van der Waals surface area contributed by atoms with Gasteiger partial charge < -0.3 is 14.8 Å².